The predicted octanol–water partition coefficient (Wildman–Crippen LogP) is 3.09. The maximum Gasteiger partial charge on any atom is 0.224 e. The van der Waals surface area contributed by atoms with E-state index in [-0.39, 0.29) is 5.91 Å². The highest BCUT2D eigenvalue weighted by atomic mass is 16.5. The predicted molar refractivity (Wildman–Crippen MR) is 98.3 cm³/mol. The maximum atomic E-state index is 12.2. The Hall–Kier alpha value is -2.95. The summed E-state index contributed by atoms with van der Waals surface area (Å²) in [6.07, 6.45) is 3.11. The van der Waals surface area contributed by atoms with Crippen molar-refractivity contribution in [2.24, 2.45) is 0 Å². The number of benzene rings is 2. The molecule has 0 aliphatic rings. The van der Waals surface area contributed by atoms with Crippen LogP contribution in [-0.4, -0.2) is 31.7 Å². The van der Waals surface area contributed by atoms with Gasteiger partial charge in [-0.3, -0.25) is 4.79 Å². The lowest BCUT2D eigenvalue weighted by atomic mass is 10.1. The summed E-state index contributed by atoms with van der Waals surface area (Å²) in [4.78, 5) is 15.4. The molecule has 0 spiro atoms. The van der Waals surface area contributed by atoms with Gasteiger partial charge < -0.3 is 19.8 Å². The number of ether oxygens (including phenoxy) is 2. The van der Waals surface area contributed by atoms with E-state index < -0.39 is 0 Å². The fraction of sp³-hybridized carbons (Fsp3) is 0.250. The van der Waals surface area contributed by atoms with Gasteiger partial charge in [0, 0.05) is 23.6 Å². The number of aromatic nitrogens is 1. The van der Waals surface area contributed by atoms with E-state index in [0.717, 1.165) is 17.5 Å². The first-order valence-electron chi connectivity index (χ1n) is 8.24. The van der Waals surface area contributed by atoms with Crippen molar-refractivity contribution >= 4 is 16.8 Å². The fourth-order valence-electron chi connectivity index (χ4n) is 2.91. The number of amides is 1. The summed E-state index contributed by atoms with van der Waals surface area (Å²) in [7, 11) is 3.18. The van der Waals surface area contributed by atoms with Crippen molar-refractivity contribution in [1.29, 1.82) is 0 Å². The molecule has 130 valence electrons. The van der Waals surface area contributed by atoms with E-state index in [4.69, 9.17) is 9.47 Å². The summed E-state index contributed by atoms with van der Waals surface area (Å²) < 4.78 is 10.5. The Morgan fingerprint density at radius 1 is 1.08 bits per heavy atom. The van der Waals surface area contributed by atoms with Crippen LogP contribution >= 0.6 is 0 Å². The van der Waals surface area contributed by atoms with E-state index in [1.165, 1.54) is 10.9 Å². The normalized spacial score (nSPS) is 10.6. The molecule has 1 heterocycles. The van der Waals surface area contributed by atoms with Gasteiger partial charge in [0.2, 0.25) is 5.91 Å². The Labute approximate surface area is 147 Å². The molecule has 2 N–H and O–H groups in total. The number of hydrogen-bond acceptors (Lipinski definition) is 3. The van der Waals surface area contributed by atoms with Gasteiger partial charge in [-0.15, -0.1) is 0 Å². The molecular weight excluding hydrogens is 316 g/mol. The molecule has 0 saturated carbocycles. The lowest BCUT2D eigenvalue weighted by molar-refractivity contribution is -0.120. The number of aromatic amines is 1. The van der Waals surface area contributed by atoms with E-state index in [2.05, 4.69) is 22.4 Å². The smallest absolute Gasteiger partial charge is 0.224 e. The lowest BCUT2D eigenvalue weighted by Gasteiger charge is -2.10. The van der Waals surface area contributed by atoms with Crippen molar-refractivity contribution in [2.75, 3.05) is 20.8 Å². The second-order valence-electron chi connectivity index (χ2n) is 5.83. The van der Waals surface area contributed by atoms with Crippen molar-refractivity contribution < 1.29 is 14.3 Å². The Bertz CT molecular complexity index is 870. The minimum atomic E-state index is -0.00735. The second-order valence-corrected chi connectivity index (χ2v) is 5.83. The summed E-state index contributed by atoms with van der Waals surface area (Å²) in [5.74, 6) is 1.28. The van der Waals surface area contributed by atoms with Crippen molar-refractivity contribution in [1.82, 2.24) is 10.3 Å². The first-order valence-corrected chi connectivity index (χ1v) is 8.24. The number of fused-ring (bicyclic) bond motifs is 1. The average molecular weight is 338 g/mol. The minimum absolute atomic E-state index is 0.00735. The number of carbonyl (C=O) groups excluding carboxylic acids is 1. The molecule has 0 unspecified atom stereocenters. The van der Waals surface area contributed by atoms with E-state index in [1.807, 2.05) is 36.5 Å². The van der Waals surface area contributed by atoms with Crippen LogP contribution < -0.4 is 14.8 Å². The Morgan fingerprint density at radius 3 is 2.68 bits per heavy atom. The van der Waals surface area contributed by atoms with Crippen LogP contribution in [0.15, 0.2) is 48.7 Å². The van der Waals surface area contributed by atoms with Crippen molar-refractivity contribution in [2.45, 2.75) is 12.8 Å². The van der Waals surface area contributed by atoms with Gasteiger partial charge >= 0.3 is 0 Å². The lowest BCUT2D eigenvalue weighted by Crippen LogP contribution is -2.27. The molecule has 0 fully saturated rings. The van der Waals surface area contributed by atoms with Crippen LogP contribution in [0.25, 0.3) is 10.9 Å². The van der Waals surface area contributed by atoms with E-state index in [0.29, 0.717) is 24.5 Å². The zero-order valence-corrected chi connectivity index (χ0v) is 14.5. The number of rotatable bonds is 7. The van der Waals surface area contributed by atoms with Gasteiger partial charge in [-0.05, 0) is 35.7 Å². The summed E-state index contributed by atoms with van der Waals surface area (Å²) in [5.41, 5.74) is 3.22. The van der Waals surface area contributed by atoms with Gasteiger partial charge in [0.1, 0.15) is 0 Å². The van der Waals surface area contributed by atoms with E-state index in [1.54, 1.807) is 14.2 Å². The number of para-hydroxylation sites is 1. The molecule has 25 heavy (non-hydrogen) atoms. The standard InChI is InChI=1S/C20H22N2O3/c1-24-18-8-7-14(11-19(18)25-2)12-20(23)21-10-9-15-13-22-17-6-4-3-5-16(15)17/h3-8,11,13,22H,9-10,12H2,1-2H3,(H,21,23). The van der Waals surface area contributed by atoms with E-state index >= 15 is 0 Å². The number of nitrogens with one attached hydrogen (secondary N) is 2. The Kier molecular flexibility index (Phi) is 5.23. The molecule has 5 nitrogen and oxygen atoms in total. The number of hydrogen-bond donors (Lipinski definition) is 2. The number of carbonyl (C=O) groups is 1. The maximum absolute atomic E-state index is 12.2. The van der Waals surface area contributed by atoms with Gasteiger partial charge in [0.25, 0.3) is 0 Å². The summed E-state index contributed by atoms with van der Waals surface area (Å²) in [6, 6.07) is 13.7. The molecule has 1 aromatic heterocycles. The van der Waals surface area contributed by atoms with Gasteiger partial charge in [0.15, 0.2) is 11.5 Å². The molecule has 0 aliphatic carbocycles. The molecular formula is C20H22N2O3. The van der Waals surface area contributed by atoms with Crippen LogP contribution in [0.3, 0.4) is 0 Å². The average Bonchev–Trinajstić information content (AvgIpc) is 3.05. The summed E-state index contributed by atoms with van der Waals surface area (Å²) in [5, 5.41) is 4.18. The van der Waals surface area contributed by atoms with Crippen LogP contribution in [0.5, 0.6) is 11.5 Å². The monoisotopic (exact) mass is 338 g/mol. The third kappa shape index (κ3) is 3.94. The highest BCUT2D eigenvalue weighted by molar-refractivity contribution is 5.83. The molecule has 0 saturated heterocycles. The third-order valence-electron chi connectivity index (χ3n) is 4.20. The van der Waals surface area contributed by atoms with Crippen molar-refractivity contribution in [3.63, 3.8) is 0 Å². The molecule has 0 atom stereocenters. The van der Waals surface area contributed by atoms with Crippen LogP contribution in [0, 0.1) is 0 Å². The van der Waals surface area contributed by atoms with Crippen molar-refractivity contribution in [3.05, 3.63) is 59.8 Å². The molecule has 3 aromatic rings. The van der Waals surface area contributed by atoms with Gasteiger partial charge in [-0.25, -0.2) is 0 Å². The summed E-state index contributed by atoms with van der Waals surface area (Å²) in [6.45, 7) is 0.605. The molecule has 1 amide bonds. The Morgan fingerprint density at radius 2 is 1.88 bits per heavy atom. The van der Waals surface area contributed by atoms with Gasteiger partial charge in [-0.2, -0.15) is 0 Å². The van der Waals surface area contributed by atoms with Crippen LogP contribution in [0.1, 0.15) is 11.1 Å². The zero-order chi connectivity index (χ0) is 17.6. The largest absolute Gasteiger partial charge is 0.493 e. The molecule has 2 aromatic carbocycles. The summed E-state index contributed by atoms with van der Waals surface area (Å²) >= 11 is 0. The molecule has 5 heteroatoms. The topological polar surface area (TPSA) is 63.3 Å². The number of H-pyrrole nitrogens is 1. The quantitative estimate of drug-likeness (QED) is 0.696. The van der Waals surface area contributed by atoms with Gasteiger partial charge in [0.05, 0.1) is 20.6 Å². The SMILES string of the molecule is COc1ccc(CC(=O)NCCc2c[nH]c3ccccc23)cc1OC. The highest BCUT2D eigenvalue weighted by Crippen LogP contribution is 2.27. The van der Waals surface area contributed by atoms with Crippen LogP contribution in [-0.2, 0) is 17.6 Å². The molecule has 0 bridgehead atoms. The van der Waals surface area contributed by atoms with Crippen molar-refractivity contribution in [3.8, 4) is 11.5 Å². The highest BCUT2D eigenvalue weighted by Gasteiger charge is 2.09. The third-order valence-corrected chi connectivity index (χ3v) is 4.20. The molecule has 3 rings (SSSR count). The fourth-order valence-corrected chi connectivity index (χ4v) is 2.91. The molecule has 0 radical (unpaired) electrons. The minimum Gasteiger partial charge on any atom is -0.493 e. The van der Waals surface area contributed by atoms with Crippen LogP contribution in [0.2, 0.25) is 0 Å². The number of methoxy groups -OCH3 is 2. The second kappa shape index (κ2) is 7.75. The first kappa shape index (κ1) is 16.9. The first-order chi connectivity index (χ1) is 12.2. The van der Waals surface area contributed by atoms with E-state index in [9.17, 15) is 4.79 Å². The molecule has 0 aliphatic heterocycles. The zero-order valence-electron chi connectivity index (χ0n) is 14.5. The van der Waals surface area contributed by atoms with Gasteiger partial charge in [-0.1, -0.05) is 24.3 Å². The Balaban J connectivity index is 1.54. The van der Waals surface area contributed by atoms with Crippen LogP contribution in [0.4, 0.5) is 0 Å².